The van der Waals surface area contributed by atoms with Gasteiger partial charge in [0.25, 0.3) is 0 Å². The van der Waals surface area contributed by atoms with Crippen molar-refractivity contribution in [3.63, 3.8) is 0 Å². The maximum absolute atomic E-state index is 9.33. The van der Waals surface area contributed by atoms with Crippen LogP contribution in [0.4, 0.5) is 5.69 Å². The van der Waals surface area contributed by atoms with E-state index in [-0.39, 0.29) is 0 Å². The van der Waals surface area contributed by atoms with Gasteiger partial charge in [0.15, 0.2) is 0 Å². The van der Waals surface area contributed by atoms with Crippen molar-refractivity contribution in [2.75, 3.05) is 19.0 Å². The third-order valence-corrected chi connectivity index (χ3v) is 1.06. The third-order valence-electron chi connectivity index (χ3n) is 1.06. The minimum absolute atomic E-state index is 0.854. The second-order valence-electron chi connectivity index (χ2n) is 2.45. The minimum atomic E-state index is -3.64. The number of benzene rings is 1. The predicted octanol–water partition coefficient (Wildman–Crippen LogP) is 1.52. The van der Waals surface area contributed by atoms with Crippen LogP contribution < -0.4 is 5.32 Å². The number of anilines is 1. The molecule has 1 aromatic rings. The Labute approximate surface area is 77.8 Å². The molecule has 0 unspecified atom stereocenters. The van der Waals surface area contributed by atoms with Crippen LogP contribution in [-0.2, 0) is 4.57 Å². The first-order valence-corrected chi connectivity index (χ1v) is 5.75. The van der Waals surface area contributed by atoms with Gasteiger partial charge < -0.3 is 15.1 Å². The summed E-state index contributed by atoms with van der Waals surface area (Å²) in [5.74, 6) is 0. The molecule has 0 aliphatic heterocycles. The van der Waals surface area contributed by atoms with Crippen molar-refractivity contribution in [2.24, 2.45) is 0 Å². The standard InChI is InChI=1S/C7H9N.CH5O3P/c1-8-7-5-3-2-4-6-7;1-5(2,3)4/h2-6,8H,1H3;1H3,(H2,2,3,4). The molecule has 0 aliphatic rings. The van der Waals surface area contributed by atoms with Crippen LogP contribution in [0.5, 0.6) is 0 Å². The number of rotatable bonds is 1. The molecule has 74 valence electrons. The summed E-state index contributed by atoms with van der Waals surface area (Å²) >= 11 is 0. The molecule has 0 amide bonds. The maximum Gasteiger partial charge on any atom is 0.322 e. The van der Waals surface area contributed by atoms with Gasteiger partial charge in [0.2, 0.25) is 0 Å². The summed E-state index contributed by atoms with van der Waals surface area (Å²) in [6.07, 6.45) is 0. The fourth-order valence-electron chi connectivity index (χ4n) is 0.605. The molecule has 1 aromatic carbocycles. The van der Waals surface area contributed by atoms with E-state index < -0.39 is 7.60 Å². The normalized spacial score (nSPS) is 9.85. The molecule has 0 saturated carbocycles. The average molecular weight is 203 g/mol. The first-order valence-electron chi connectivity index (χ1n) is 3.69. The monoisotopic (exact) mass is 203 g/mol. The van der Waals surface area contributed by atoms with Crippen LogP contribution in [0.3, 0.4) is 0 Å². The van der Waals surface area contributed by atoms with Gasteiger partial charge in [0.05, 0.1) is 0 Å². The van der Waals surface area contributed by atoms with Crippen molar-refractivity contribution < 1.29 is 14.4 Å². The van der Waals surface area contributed by atoms with E-state index in [0.717, 1.165) is 12.4 Å². The van der Waals surface area contributed by atoms with Gasteiger partial charge in [-0.15, -0.1) is 0 Å². The zero-order valence-corrected chi connectivity index (χ0v) is 8.53. The lowest BCUT2D eigenvalue weighted by molar-refractivity contribution is 0.381. The fourth-order valence-corrected chi connectivity index (χ4v) is 0.605. The molecule has 0 bridgehead atoms. The van der Waals surface area contributed by atoms with E-state index in [9.17, 15) is 4.57 Å². The van der Waals surface area contributed by atoms with Crippen molar-refractivity contribution >= 4 is 13.3 Å². The first kappa shape index (κ1) is 12.2. The quantitative estimate of drug-likeness (QED) is 0.605. The van der Waals surface area contributed by atoms with Gasteiger partial charge in [0, 0.05) is 19.4 Å². The van der Waals surface area contributed by atoms with Gasteiger partial charge in [-0.05, 0) is 12.1 Å². The summed E-state index contributed by atoms with van der Waals surface area (Å²) in [5, 5.41) is 3.03. The highest BCUT2D eigenvalue weighted by Crippen LogP contribution is 2.26. The molecule has 0 aromatic heterocycles. The lowest BCUT2D eigenvalue weighted by Crippen LogP contribution is -1.84. The Hall–Kier alpha value is -0.830. The molecular formula is C8H14NO3P. The summed E-state index contributed by atoms with van der Waals surface area (Å²) in [4.78, 5) is 15.3. The second-order valence-corrected chi connectivity index (χ2v) is 4.12. The van der Waals surface area contributed by atoms with Crippen molar-refractivity contribution in [1.82, 2.24) is 0 Å². The average Bonchev–Trinajstić information content (AvgIpc) is 2.03. The van der Waals surface area contributed by atoms with Crippen molar-refractivity contribution in [2.45, 2.75) is 0 Å². The van der Waals surface area contributed by atoms with Crippen LogP contribution in [0.25, 0.3) is 0 Å². The molecule has 4 nitrogen and oxygen atoms in total. The highest BCUT2D eigenvalue weighted by atomic mass is 31.2. The Morgan fingerprint density at radius 3 is 1.85 bits per heavy atom. The molecule has 0 heterocycles. The van der Waals surface area contributed by atoms with Crippen LogP contribution >= 0.6 is 7.60 Å². The van der Waals surface area contributed by atoms with E-state index in [0.29, 0.717) is 0 Å². The largest absolute Gasteiger partial charge is 0.388 e. The molecule has 0 radical (unpaired) electrons. The maximum atomic E-state index is 9.33. The molecule has 0 saturated heterocycles. The number of nitrogens with one attached hydrogen (secondary N) is 1. The van der Waals surface area contributed by atoms with Crippen LogP contribution in [-0.4, -0.2) is 23.5 Å². The molecule has 5 heteroatoms. The van der Waals surface area contributed by atoms with Gasteiger partial charge in [0.1, 0.15) is 0 Å². The highest BCUT2D eigenvalue weighted by Gasteiger charge is 1.95. The van der Waals surface area contributed by atoms with Crippen LogP contribution in [0.15, 0.2) is 30.3 Å². The van der Waals surface area contributed by atoms with Crippen LogP contribution in [0.2, 0.25) is 0 Å². The van der Waals surface area contributed by atoms with E-state index >= 15 is 0 Å². The van der Waals surface area contributed by atoms with Crippen LogP contribution in [0.1, 0.15) is 0 Å². The van der Waals surface area contributed by atoms with Gasteiger partial charge in [-0.1, -0.05) is 18.2 Å². The lowest BCUT2D eigenvalue weighted by Gasteiger charge is -1.94. The Kier molecular flexibility index (Phi) is 5.39. The molecule has 0 atom stereocenters. The third kappa shape index (κ3) is 11.2. The van der Waals surface area contributed by atoms with E-state index in [4.69, 9.17) is 9.79 Å². The summed E-state index contributed by atoms with van der Waals surface area (Å²) in [5.41, 5.74) is 1.16. The molecule has 0 fully saturated rings. The predicted molar refractivity (Wildman–Crippen MR) is 54.0 cm³/mol. The molecule has 0 spiro atoms. The Balaban J connectivity index is 0.000000252. The van der Waals surface area contributed by atoms with E-state index in [2.05, 4.69) is 5.32 Å². The highest BCUT2D eigenvalue weighted by molar-refractivity contribution is 7.50. The number of hydrogen-bond donors (Lipinski definition) is 3. The topological polar surface area (TPSA) is 69.6 Å². The molecule has 1 rings (SSSR count). The zero-order chi connectivity index (χ0) is 10.3. The molecular weight excluding hydrogens is 189 g/mol. The van der Waals surface area contributed by atoms with E-state index in [1.54, 1.807) is 0 Å². The summed E-state index contributed by atoms with van der Waals surface area (Å²) in [7, 11) is -1.73. The van der Waals surface area contributed by atoms with Gasteiger partial charge >= 0.3 is 7.60 Å². The summed E-state index contributed by atoms with van der Waals surface area (Å²) in [6, 6.07) is 10.1. The van der Waals surface area contributed by atoms with E-state index in [1.807, 2.05) is 37.4 Å². The Morgan fingerprint density at radius 2 is 1.62 bits per heavy atom. The second kappa shape index (κ2) is 5.75. The van der Waals surface area contributed by atoms with E-state index in [1.165, 1.54) is 0 Å². The van der Waals surface area contributed by atoms with Gasteiger partial charge in [-0.2, -0.15) is 0 Å². The first-order chi connectivity index (χ1) is 5.93. The zero-order valence-electron chi connectivity index (χ0n) is 7.64. The van der Waals surface area contributed by atoms with Crippen molar-refractivity contribution in [3.05, 3.63) is 30.3 Å². The lowest BCUT2D eigenvalue weighted by atomic mass is 10.3. The minimum Gasteiger partial charge on any atom is -0.388 e. The van der Waals surface area contributed by atoms with Gasteiger partial charge in [-0.3, -0.25) is 4.57 Å². The van der Waals surface area contributed by atoms with Crippen molar-refractivity contribution in [3.8, 4) is 0 Å². The smallest absolute Gasteiger partial charge is 0.322 e. The fraction of sp³-hybridized carbons (Fsp3) is 0.250. The summed E-state index contributed by atoms with van der Waals surface area (Å²) < 4.78 is 9.33. The molecule has 13 heavy (non-hydrogen) atoms. The number of para-hydroxylation sites is 1. The Bertz CT molecular complexity index is 262. The van der Waals surface area contributed by atoms with Gasteiger partial charge in [-0.25, -0.2) is 0 Å². The molecule has 0 aliphatic carbocycles. The van der Waals surface area contributed by atoms with Crippen molar-refractivity contribution in [1.29, 1.82) is 0 Å². The molecule has 3 N–H and O–H groups in total. The SMILES string of the molecule is CNc1ccccc1.CP(=O)(O)O. The Morgan fingerprint density at radius 1 is 1.23 bits per heavy atom. The summed E-state index contributed by atoms with van der Waals surface area (Å²) in [6.45, 7) is 0.854. The number of hydrogen-bond acceptors (Lipinski definition) is 2. The van der Waals surface area contributed by atoms with Crippen LogP contribution in [0, 0.1) is 0 Å².